The van der Waals surface area contributed by atoms with Crippen LogP contribution in [0.15, 0.2) is 24.3 Å². The summed E-state index contributed by atoms with van der Waals surface area (Å²) in [6.07, 6.45) is 1.31. The summed E-state index contributed by atoms with van der Waals surface area (Å²) in [5.41, 5.74) is 1.06. The van der Waals surface area contributed by atoms with Gasteiger partial charge in [-0.05, 0) is 37.1 Å². The summed E-state index contributed by atoms with van der Waals surface area (Å²) in [6.45, 7) is 2.01. The molecule has 0 aliphatic rings. The number of nitrogens with one attached hydrogen (secondary N) is 1. The second-order valence-electron chi connectivity index (χ2n) is 4.87. The number of benzene rings is 1. The lowest BCUT2D eigenvalue weighted by Gasteiger charge is -2.16. The molecule has 1 unspecified atom stereocenters. The van der Waals surface area contributed by atoms with Crippen LogP contribution < -0.4 is 5.32 Å². The molecule has 0 aliphatic carbocycles. The Balaban J connectivity index is 2.73. The van der Waals surface area contributed by atoms with Crippen LogP contribution in [0.1, 0.15) is 40.5 Å². The number of rotatable bonds is 6. The second kappa shape index (κ2) is 7.65. The summed E-state index contributed by atoms with van der Waals surface area (Å²) in [5, 5.41) is 11.8. The lowest BCUT2D eigenvalue weighted by Crippen LogP contribution is -2.35. The molecule has 0 aliphatic heterocycles. The fourth-order valence-corrected chi connectivity index (χ4v) is 1.83. The molecule has 0 radical (unpaired) electrons. The maximum Gasteiger partial charge on any atom is 0.253 e. The highest BCUT2D eigenvalue weighted by Gasteiger charge is 2.13. The maximum atomic E-state index is 12.0. The van der Waals surface area contributed by atoms with E-state index in [2.05, 4.69) is 5.32 Å². The molecule has 5 heteroatoms. The van der Waals surface area contributed by atoms with E-state index in [1.165, 1.54) is 4.90 Å². The average molecular weight is 278 g/mol. The number of carbonyl (C=O) groups is 2. The molecule has 1 aromatic rings. The van der Waals surface area contributed by atoms with Crippen LogP contribution in [-0.4, -0.2) is 48.6 Å². The SMILES string of the molecule is CCC(CCO)NC(=O)c1ccc(C(=O)N(C)C)cc1. The first-order chi connectivity index (χ1) is 9.49. The Kier molecular flexibility index (Phi) is 6.18. The maximum absolute atomic E-state index is 12.0. The van der Waals surface area contributed by atoms with E-state index in [0.29, 0.717) is 17.5 Å². The lowest BCUT2D eigenvalue weighted by molar-refractivity contribution is 0.0826. The second-order valence-corrected chi connectivity index (χ2v) is 4.87. The van der Waals surface area contributed by atoms with E-state index >= 15 is 0 Å². The molecular formula is C15H22N2O3. The van der Waals surface area contributed by atoms with Crippen molar-refractivity contribution < 1.29 is 14.7 Å². The van der Waals surface area contributed by atoms with Gasteiger partial charge in [-0.2, -0.15) is 0 Å². The Morgan fingerprint density at radius 1 is 1.20 bits per heavy atom. The van der Waals surface area contributed by atoms with E-state index in [1.807, 2.05) is 6.92 Å². The van der Waals surface area contributed by atoms with E-state index in [4.69, 9.17) is 5.11 Å². The Morgan fingerprint density at radius 3 is 2.20 bits per heavy atom. The average Bonchev–Trinajstić information content (AvgIpc) is 2.45. The van der Waals surface area contributed by atoms with E-state index in [0.717, 1.165) is 6.42 Å². The number of hydrogen-bond donors (Lipinski definition) is 2. The van der Waals surface area contributed by atoms with Gasteiger partial charge in [0.05, 0.1) is 0 Å². The smallest absolute Gasteiger partial charge is 0.253 e. The third-order valence-corrected chi connectivity index (χ3v) is 3.11. The predicted molar refractivity (Wildman–Crippen MR) is 77.7 cm³/mol. The molecule has 5 nitrogen and oxygen atoms in total. The fourth-order valence-electron chi connectivity index (χ4n) is 1.83. The zero-order valence-corrected chi connectivity index (χ0v) is 12.2. The highest BCUT2D eigenvalue weighted by Crippen LogP contribution is 2.07. The van der Waals surface area contributed by atoms with Gasteiger partial charge in [-0.1, -0.05) is 6.92 Å². The molecule has 0 bridgehead atoms. The summed E-state index contributed by atoms with van der Waals surface area (Å²) in [6, 6.07) is 6.53. The van der Waals surface area contributed by atoms with Crippen LogP contribution in [0, 0.1) is 0 Å². The van der Waals surface area contributed by atoms with Crippen molar-refractivity contribution in [2.24, 2.45) is 0 Å². The Hall–Kier alpha value is -1.88. The standard InChI is InChI=1S/C15H22N2O3/c1-4-13(9-10-18)16-14(19)11-5-7-12(8-6-11)15(20)17(2)3/h5-8,13,18H,4,9-10H2,1-3H3,(H,16,19). The lowest BCUT2D eigenvalue weighted by atomic mass is 10.1. The van der Waals surface area contributed by atoms with Gasteiger partial charge in [0, 0.05) is 37.9 Å². The molecule has 0 saturated heterocycles. The van der Waals surface area contributed by atoms with Gasteiger partial charge in [0.2, 0.25) is 0 Å². The van der Waals surface area contributed by atoms with E-state index in [1.54, 1.807) is 38.4 Å². The van der Waals surface area contributed by atoms with Crippen molar-refractivity contribution in [2.45, 2.75) is 25.8 Å². The number of hydrogen-bond acceptors (Lipinski definition) is 3. The Morgan fingerprint density at radius 2 is 1.75 bits per heavy atom. The van der Waals surface area contributed by atoms with E-state index < -0.39 is 0 Å². The van der Waals surface area contributed by atoms with Crippen LogP contribution in [0.5, 0.6) is 0 Å². The van der Waals surface area contributed by atoms with Gasteiger partial charge in [0.1, 0.15) is 0 Å². The molecule has 20 heavy (non-hydrogen) atoms. The van der Waals surface area contributed by atoms with Crippen molar-refractivity contribution in [2.75, 3.05) is 20.7 Å². The minimum absolute atomic E-state index is 0.0319. The topological polar surface area (TPSA) is 69.6 Å². The van der Waals surface area contributed by atoms with Crippen LogP contribution in [0.3, 0.4) is 0 Å². The van der Waals surface area contributed by atoms with Crippen molar-refractivity contribution in [1.29, 1.82) is 0 Å². The Bertz CT molecular complexity index is 455. The predicted octanol–water partition coefficient (Wildman–Crippen LogP) is 1.28. The molecular weight excluding hydrogens is 256 g/mol. The molecule has 1 rings (SSSR count). The molecule has 110 valence electrons. The first kappa shape index (κ1) is 16.2. The van der Waals surface area contributed by atoms with Crippen LogP contribution in [0.4, 0.5) is 0 Å². The monoisotopic (exact) mass is 278 g/mol. The van der Waals surface area contributed by atoms with Gasteiger partial charge in [-0.3, -0.25) is 9.59 Å². The van der Waals surface area contributed by atoms with Crippen LogP contribution in [0.25, 0.3) is 0 Å². The number of carbonyl (C=O) groups excluding carboxylic acids is 2. The number of aliphatic hydroxyl groups is 1. The van der Waals surface area contributed by atoms with E-state index in [-0.39, 0.29) is 24.5 Å². The van der Waals surface area contributed by atoms with Gasteiger partial charge in [0.25, 0.3) is 11.8 Å². The first-order valence-corrected chi connectivity index (χ1v) is 6.73. The van der Waals surface area contributed by atoms with Crippen LogP contribution in [0.2, 0.25) is 0 Å². The van der Waals surface area contributed by atoms with Crippen molar-refractivity contribution in [3.05, 3.63) is 35.4 Å². The number of nitrogens with zero attached hydrogens (tertiary/aromatic N) is 1. The molecule has 2 N–H and O–H groups in total. The Labute approximate surface area is 119 Å². The van der Waals surface area contributed by atoms with Gasteiger partial charge in [-0.25, -0.2) is 0 Å². The van der Waals surface area contributed by atoms with Gasteiger partial charge < -0.3 is 15.3 Å². The third kappa shape index (κ3) is 4.35. The van der Waals surface area contributed by atoms with Crippen molar-refractivity contribution >= 4 is 11.8 Å². The first-order valence-electron chi connectivity index (χ1n) is 6.73. The number of aliphatic hydroxyl groups excluding tert-OH is 1. The van der Waals surface area contributed by atoms with Gasteiger partial charge in [-0.15, -0.1) is 0 Å². The van der Waals surface area contributed by atoms with Crippen molar-refractivity contribution in [1.82, 2.24) is 10.2 Å². The summed E-state index contributed by atoms with van der Waals surface area (Å²) in [4.78, 5) is 25.2. The largest absolute Gasteiger partial charge is 0.396 e. The van der Waals surface area contributed by atoms with E-state index in [9.17, 15) is 9.59 Å². The van der Waals surface area contributed by atoms with Crippen molar-refractivity contribution in [3.63, 3.8) is 0 Å². The van der Waals surface area contributed by atoms with Crippen LogP contribution in [-0.2, 0) is 0 Å². The quantitative estimate of drug-likeness (QED) is 0.823. The summed E-state index contributed by atoms with van der Waals surface area (Å²) >= 11 is 0. The molecule has 0 heterocycles. The minimum Gasteiger partial charge on any atom is -0.396 e. The zero-order valence-electron chi connectivity index (χ0n) is 12.2. The molecule has 1 aromatic carbocycles. The summed E-state index contributed by atoms with van der Waals surface area (Å²) in [7, 11) is 3.37. The fraction of sp³-hybridized carbons (Fsp3) is 0.467. The zero-order chi connectivity index (χ0) is 15.1. The van der Waals surface area contributed by atoms with Gasteiger partial charge in [0.15, 0.2) is 0 Å². The normalized spacial score (nSPS) is 11.8. The molecule has 0 fully saturated rings. The minimum atomic E-state index is -0.186. The van der Waals surface area contributed by atoms with Crippen LogP contribution >= 0.6 is 0 Å². The highest BCUT2D eigenvalue weighted by molar-refractivity contribution is 5.97. The molecule has 0 spiro atoms. The van der Waals surface area contributed by atoms with Gasteiger partial charge >= 0.3 is 0 Å². The molecule has 0 saturated carbocycles. The molecule has 2 amide bonds. The summed E-state index contributed by atoms with van der Waals surface area (Å²) < 4.78 is 0. The highest BCUT2D eigenvalue weighted by atomic mass is 16.3. The number of amides is 2. The third-order valence-electron chi connectivity index (χ3n) is 3.11. The summed E-state index contributed by atoms with van der Waals surface area (Å²) in [5.74, 6) is -0.280. The molecule has 1 atom stereocenters. The molecule has 0 aromatic heterocycles. The van der Waals surface area contributed by atoms with Crippen molar-refractivity contribution in [3.8, 4) is 0 Å².